The first-order valence-electron chi connectivity index (χ1n) is 7.78. The van der Waals surface area contributed by atoms with E-state index in [9.17, 15) is 9.59 Å². The molecule has 1 atom stereocenters. The van der Waals surface area contributed by atoms with Crippen LogP contribution in [0.3, 0.4) is 0 Å². The molecule has 0 saturated heterocycles. The van der Waals surface area contributed by atoms with Crippen molar-refractivity contribution in [1.29, 1.82) is 0 Å². The Kier molecular flexibility index (Phi) is 3.27. The van der Waals surface area contributed by atoms with E-state index in [-0.39, 0.29) is 17.3 Å². The Morgan fingerprint density at radius 1 is 1.17 bits per heavy atom. The van der Waals surface area contributed by atoms with Crippen molar-refractivity contribution in [3.05, 3.63) is 56.7 Å². The third kappa shape index (κ3) is 2.15. The van der Waals surface area contributed by atoms with Crippen LogP contribution in [0.15, 0.2) is 39.9 Å². The smallest absolute Gasteiger partial charge is 0.302 e. The number of benzene rings is 1. The normalized spacial score (nSPS) is 16.8. The van der Waals surface area contributed by atoms with E-state index in [2.05, 4.69) is 28.0 Å². The minimum atomic E-state index is -0.378. The summed E-state index contributed by atoms with van der Waals surface area (Å²) in [6, 6.07) is 10.3. The Labute approximate surface area is 137 Å². The third-order valence-electron chi connectivity index (χ3n) is 4.46. The summed E-state index contributed by atoms with van der Waals surface area (Å²) in [5.41, 5.74) is 7.63. The van der Waals surface area contributed by atoms with Gasteiger partial charge in [0.2, 0.25) is 5.95 Å². The molecule has 0 aliphatic carbocycles. The second kappa shape index (κ2) is 5.34. The molecule has 3 heterocycles. The van der Waals surface area contributed by atoms with Crippen molar-refractivity contribution in [1.82, 2.24) is 24.1 Å². The largest absolute Gasteiger partial charge is 0.332 e. The van der Waals surface area contributed by atoms with Crippen molar-refractivity contribution in [2.24, 2.45) is 14.1 Å². The lowest BCUT2D eigenvalue weighted by Gasteiger charge is -2.26. The number of aryl methyl sites for hydroxylation is 1. The first-order chi connectivity index (χ1) is 11.6. The van der Waals surface area contributed by atoms with Gasteiger partial charge in [0.25, 0.3) is 5.56 Å². The summed E-state index contributed by atoms with van der Waals surface area (Å²) in [4.78, 5) is 29.0. The molecule has 8 nitrogen and oxygen atoms in total. The van der Waals surface area contributed by atoms with Gasteiger partial charge < -0.3 is 4.57 Å². The SMILES string of the molecule is Cn1c(=O)c2c(nc3n2C[C@H](Cc2ccccc2)NN3)n(C)c1=O. The van der Waals surface area contributed by atoms with Gasteiger partial charge in [0.15, 0.2) is 11.2 Å². The Hall–Kier alpha value is -2.87. The van der Waals surface area contributed by atoms with Gasteiger partial charge in [0.1, 0.15) is 0 Å². The summed E-state index contributed by atoms with van der Waals surface area (Å²) in [5, 5.41) is 0. The van der Waals surface area contributed by atoms with Crippen LogP contribution in [0.5, 0.6) is 0 Å². The molecule has 8 heteroatoms. The van der Waals surface area contributed by atoms with Crippen LogP contribution in [0.1, 0.15) is 5.56 Å². The van der Waals surface area contributed by atoms with Crippen LogP contribution in [0.2, 0.25) is 0 Å². The first-order valence-corrected chi connectivity index (χ1v) is 7.78. The zero-order valence-electron chi connectivity index (χ0n) is 13.5. The average Bonchev–Trinajstić information content (AvgIpc) is 2.98. The molecule has 24 heavy (non-hydrogen) atoms. The van der Waals surface area contributed by atoms with Gasteiger partial charge in [-0.15, -0.1) is 0 Å². The van der Waals surface area contributed by atoms with E-state index in [1.54, 1.807) is 7.05 Å². The van der Waals surface area contributed by atoms with Crippen LogP contribution < -0.4 is 22.1 Å². The molecule has 0 unspecified atom stereocenters. The highest BCUT2D eigenvalue weighted by Gasteiger charge is 2.25. The Balaban J connectivity index is 1.78. The molecule has 0 saturated carbocycles. The topological polar surface area (TPSA) is 85.9 Å². The third-order valence-corrected chi connectivity index (χ3v) is 4.46. The van der Waals surface area contributed by atoms with Crippen LogP contribution in [0.4, 0.5) is 5.95 Å². The zero-order valence-corrected chi connectivity index (χ0v) is 13.5. The Morgan fingerprint density at radius 3 is 2.67 bits per heavy atom. The molecule has 0 spiro atoms. The molecule has 0 fully saturated rings. The van der Waals surface area contributed by atoms with E-state index in [1.807, 2.05) is 22.8 Å². The van der Waals surface area contributed by atoms with Crippen molar-refractivity contribution in [2.45, 2.75) is 19.0 Å². The molecule has 0 radical (unpaired) electrons. The summed E-state index contributed by atoms with van der Waals surface area (Å²) in [5.74, 6) is 0.549. The number of hydrogen-bond acceptors (Lipinski definition) is 5. The van der Waals surface area contributed by atoms with Crippen LogP contribution in [0, 0.1) is 0 Å². The van der Waals surface area contributed by atoms with Crippen LogP contribution in [0.25, 0.3) is 11.2 Å². The van der Waals surface area contributed by atoms with Crippen LogP contribution in [-0.4, -0.2) is 24.7 Å². The first kappa shape index (κ1) is 14.7. The maximum absolute atomic E-state index is 12.5. The van der Waals surface area contributed by atoms with Gasteiger partial charge in [-0.05, 0) is 12.0 Å². The number of fused-ring (bicyclic) bond motifs is 3. The molecule has 0 bridgehead atoms. The number of rotatable bonds is 2. The number of imidazole rings is 1. The lowest BCUT2D eigenvalue weighted by atomic mass is 10.1. The maximum Gasteiger partial charge on any atom is 0.332 e. The second-order valence-corrected chi connectivity index (χ2v) is 6.08. The molecule has 1 aliphatic heterocycles. The van der Waals surface area contributed by atoms with Crippen molar-refractivity contribution in [2.75, 3.05) is 5.43 Å². The predicted octanol–water partition coefficient (Wildman–Crippen LogP) is -0.0249. The molecule has 2 N–H and O–H groups in total. The minimum Gasteiger partial charge on any atom is -0.302 e. The fourth-order valence-corrected chi connectivity index (χ4v) is 3.17. The number of nitrogens with one attached hydrogen (secondary N) is 2. The monoisotopic (exact) mass is 326 g/mol. The number of hydrazine groups is 1. The Morgan fingerprint density at radius 2 is 1.92 bits per heavy atom. The van der Waals surface area contributed by atoms with Gasteiger partial charge in [-0.2, -0.15) is 4.98 Å². The molecular weight excluding hydrogens is 308 g/mol. The van der Waals surface area contributed by atoms with Gasteiger partial charge in [-0.3, -0.25) is 19.4 Å². The van der Waals surface area contributed by atoms with Gasteiger partial charge in [0, 0.05) is 26.7 Å². The lowest BCUT2D eigenvalue weighted by Crippen LogP contribution is -2.45. The fraction of sp³-hybridized carbons (Fsp3) is 0.312. The van der Waals surface area contributed by atoms with Crippen molar-refractivity contribution >= 4 is 17.1 Å². The maximum atomic E-state index is 12.5. The number of aromatic nitrogens is 4. The van der Waals surface area contributed by atoms with E-state index < -0.39 is 0 Å². The highest BCUT2D eigenvalue weighted by molar-refractivity contribution is 5.74. The van der Waals surface area contributed by atoms with Crippen molar-refractivity contribution in [3.63, 3.8) is 0 Å². The summed E-state index contributed by atoms with van der Waals surface area (Å²) in [6.07, 6.45) is 0.818. The molecular formula is C16H18N6O2. The molecule has 0 amide bonds. The summed E-state index contributed by atoms with van der Waals surface area (Å²) < 4.78 is 4.36. The number of anilines is 1. The quantitative estimate of drug-likeness (QED) is 0.691. The van der Waals surface area contributed by atoms with E-state index in [0.717, 1.165) is 11.0 Å². The van der Waals surface area contributed by atoms with Gasteiger partial charge in [-0.1, -0.05) is 30.3 Å². The Bertz CT molecular complexity index is 1030. The van der Waals surface area contributed by atoms with Crippen LogP contribution >= 0.6 is 0 Å². The van der Waals surface area contributed by atoms with E-state index >= 15 is 0 Å². The van der Waals surface area contributed by atoms with E-state index in [1.165, 1.54) is 17.2 Å². The molecule has 1 aliphatic rings. The zero-order chi connectivity index (χ0) is 16.8. The highest BCUT2D eigenvalue weighted by atomic mass is 16.2. The fourth-order valence-electron chi connectivity index (χ4n) is 3.17. The van der Waals surface area contributed by atoms with Gasteiger partial charge >= 0.3 is 5.69 Å². The van der Waals surface area contributed by atoms with Gasteiger partial charge in [-0.25, -0.2) is 10.2 Å². The summed E-state index contributed by atoms with van der Waals surface area (Å²) >= 11 is 0. The second-order valence-electron chi connectivity index (χ2n) is 6.08. The number of nitrogens with zero attached hydrogens (tertiary/aromatic N) is 4. The molecule has 1 aromatic carbocycles. The van der Waals surface area contributed by atoms with Gasteiger partial charge in [0.05, 0.1) is 0 Å². The summed E-state index contributed by atoms with van der Waals surface area (Å²) in [7, 11) is 3.11. The number of hydrogen-bond donors (Lipinski definition) is 2. The molecule has 4 rings (SSSR count). The standard InChI is InChI=1S/C16H18N6O2/c1-20-13-12(14(23)21(2)16(20)24)22-9-11(18-19-15(22)17-13)8-10-6-4-3-5-7-10/h3-7,11,18H,8-9H2,1-2H3,(H,17,19)/t11-/m0/s1. The summed E-state index contributed by atoms with van der Waals surface area (Å²) in [6.45, 7) is 0.598. The molecule has 2 aromatic heterocycles. The van der Waals surface area contributed by atoms with Crippen molar-refractivity contribution < 1.29 is 0 Å². The van der Waals surface area contributed by atoms with E-state index in [4.69, 9.17) is 0 Å². The van der Waals surface area contributed by atoms with Crippen LogP contribution in [-0.2, 0) is 27.1 Å². The molecule has 124 valence electrons. The highest BCUT2D eigenvalue weighted by Crippen LogP contribution is 2.19. The lowest BCUT2D eigenvalue weighted by molar-refractivity contribution is 0.450. The van der Waals surface area contributed by atoms with Crippen molar-refractivity contribution in [3.8, 4) is 0 Å². The van der Waals surface area contributed by atoms with E-state index in [0.29, 0.717) is 23.7 Å². The predicted molar refractivity (Wildman–Crippen MR) is 90.9 cm³/mol. The minimum absolute atomic E-state index is 0.110. The average molecular weight is 326 g/mol. The molecule has 3 aromatic rings.